The van der Waals surface area contributed by atoms with E-state index in [2.05, 4.69) is 34.7 Å². The van der Waals surface area contributed by atoms with Crippen molar-refractivity contribution in [3.05, 3.63) is 60.2 Å². The summed E-state index contributed by atoms with van der Waals surface area (Å²) in [6.07, 6.45) is 1.75. The predicted octanol–water partition coefficient (Wildman–Crippen LogP) is 6.20. The maximum atomic E-state index is 13.1. The lowest BCUT2D eigenvalue weighted by molar-refractivity contribution is 0.0194. The van der Waals surface area contributed by atoms with Crippen LogP contribution in [0.15, 0.2) is 59.0 Å². The first-order valence-electron chi connectivity index (χ1n) is 11.6. The van der Waals surface area contributed by atoms with E-state index in [9.17, 15) is 9.00 Å². The van der Waals surface area contributed by atoms with Gasteiger partial charge in [-0.1, -0.05) is 54.6 Å². The molecule has 0 aromatic heterocycles. The third-order valence-electron chi connectivity index (χ3n) is 5.41. The summed E-state index contributed by atoms with van der Waals surface area (Å²) in [5.74, 6) is 0. The van der Waals surface area contributed by atoms with Crippen molar-refractivity contribution in [1.82, 2.24) is 4.90 Å². The van der Waals surface area contributed by atoms with E-state index >= 15 is 0 Å². The first kappa shape index (κ1) is 25.2. The number of amides is 1. The van der Waals surface area contributed by atoms with Gasteiger partial charge in [0, 0.05) is 6.54 Å². The number of carbonyl (C=O) groups excluding carboxylic acids is 1. The number of benzene rings is 2. The van der Waals surface area contributed by atoms with Crippen molar-refractivity contribution in [3.8, 4) is 11.1 Å². The zero-order valence-corrected chi connectivity index (χ0v) is 21.4. The molecule has 2 aromatic carbocycles. The molecule has 0 saturated carbocycles. The van der Waals surface area contributed by atoms with Gasteiger partial charge in [0.05, 0.1) is 16.5 Å². The first-order valence-corrected chi connectivity index (χ1v) is 12.7. The Morgan fingerprint density at radius 3 is 2.33 bits per heavy atom. The van der Waals surface area contributed by atoms with Gasteiger partial charge in [-0.3, -0.25) is 4.90 Å². The van der Waals surface area contributed by atoms with Gasteiger partial charge in [-0.15, -0.1) is 0 Å². The highest BCUT2D eigenvalue weighted by atomic mass is 32.2. The molecular weight excluding hydrogens is 432 g/mol. The van der Waals surface area contributed by atoms with Gasteiger partial charge in [-0.25, -0.2) is 9.00 Å². The number of carbonyl (C=O) groups is 1. The van der Waals surface area contributed by atoms with E-state index in [1.807, 2.05) is 65.8 Å². The molecule has 0 N–H and O–H groups in total. The Morgan fingerprint density at radius 2 is 1.70 bits per heavy atom. The molecule has 1 amide bonds. The minimum absolute atomic E-state index is 0.286. The number of hydrogen-bond acceptors (Lipinski definition) is 3. The Bertz CT molecular complexity index is 1020. The molecule has 178 valence electrons. The average Bonchev–Trinajstić information content (AvgIpc) is 2.74. The van der Waals surface area contributed by atoms with Crippen LogP contribution in [0.1, 0.15) is 59.9 Å². The maximum absolute atomic E-state index is 13.1. The maximum Gasteiger partial charge on any atom is 0.410 e. The molecule has 1 unspecified atom stereocenters. The highest BCUT2D eigenvalue weighted by molar-refractivity contribution is 7.85. The number of nitrogens with zero attached hydrogens (tertiary/aromatic N) is 2. The molecule has 6 heteroatoms. The Morgan fingerprint density at radius 1 is 1.03 bits per heavy atom. The topological polar surface area (TPSA) is 59.0 Å². The second kappa shape index (κ2) is 10.2. The average molecular weight is 469 g/mol. The van der Waals surface area contributed by atoms with Crippen LogP contribution >= 0.6 is 0 Å². The van der Waals surface area contributed by atoms with Crippen LogP contribution < -0.4 is 0 Å². The zero-order chi connectivity index (χ0) is 24.2. The summed E-state index contributed by atoms with van der Waals surface area (Å²) >= 11 is 0. The molecule has 1 heterocycles. The van der Waals surface area contributed by atoms with Crippen molar-refractivity contribution in [1.29, 1.82) is 0 Å². The van der Waals surface area contributed by atoms with Gasteiger partial charge in [-0.2, -0.15) is 4.40 Å². The fourth-order valence-corrected chi connectivity index (χ4v) is 4.48. The lowest BCUT2D eigenvalue weighted by atomic mass is 9.92. The van der Waals surface area contributed by atoms with Crippen LogP contribution in [-0.2, 0) is 22.1 Å². The molecule has 1 aliphatic heterocycles. The SMILES string of the molecule is CC(C)(C)OC(=O)N1CCC/C(=N\[S@](=O)C(C)(C)C)C1Cc1cccc(-c2ccccc2)c1. The molecule has 1 saturated heterocycles. The molecule has 0 radical (unpaired) electrons. The fraction of sp³-hybridized carbons (Fsp3) is 0.481. The van der Waals surface area contributed by atoms with Crippen molar-refractivity contribution in [2.75, 3.05) is 6.54 Å². The van der Waals surface area contributed by atoms with Gasteiger partial charge in [0.1, 0.15) is 16.6 Å². The highest BCUT2D eigenvalue weighted by Crippen LogP contribution is 2.26. The minimum atomic E-state index is -1.39. The minimum Gasteiger partial charge on any atom is -0.444 e. The number of hydrogen-bond donors (Lipinski definition) is 0. The third kappa shape index (κ3) is 7.00. The molecule has 2 aromatic rings. The van der Waals surface area contributed by atoms with Gasteiger partial charge < -0.3 is 4.74 Å². The van der Waals surface area contributed by atoms with Crippen molar-refractivity contribution in [3.63, 3.8) is 0 Å². The van der Waals surface area contributed by atoms with Crippen LogP contribution in [0.3, 0.4) is 0 Å². The van der Waals surface area contributed by atoms with Gasteiger partial charge in [0.25, 0.3) is 0 Å². The van der Waals surface area contributed by atoms with Gasteiger partial charge >= 0.3 is 6.09 Å². The van der Waals surface area contributed by atoms with Crippen LogP contribution in [0.2, 0.25) is 0 Å². The van der Waals surface area contributed by atoms with E-state index in [4.69, 9.17) is 4.74 Å². The normalized spacial score (nSPS) is 19.4. The van der Waals surface area contributed by atoms with Crippen LogP contribution in [0, 0.1) is 0 Å². The molecule has 0 aliphatic carbocycles. The summed E-state index contributed by atoms with van der Waals surface area (Å²) in [5.41, 5.74) is 3.61. The van der Waals surface area contributed by atoms with Crippen molar-refractivity contribution < 1.29 is 13.7 Å². The smallest absolute Gasteiger partial charge is 0.410 e. The van der Waals surface area contributed by atoms with E-state index in [-0.39, 0.29) is 12.1 Å². The number of likely N-dealkylation sites (tertiary alicyclic amines) is 1. The molecule has 33 heavy (non-hydrogen) atoms. The summed E-state index contributed by atoms with van der Waals surface area (Å²) in [5, 5.41) is 0. The van der Waals surface area contributed by atoms with Crippen LogP contribution in [0.5, 0.6) is 0 Å². The van der Waals surface area contributed by atoms with Gasteiger partial charge in [0.15, 0.2) is 0 Å². The summed E-state index contributed by atoms with van der Waals surface area (Å²) in [4.78, 5) is 14.9. The predicted molar refractivity (Wildman–Crippen MR) is 137 cm³/mol. The number of piperidine rings is 1. The summed E-state index contributed by atoms with van der Waals surface area (Å²) < 4.78 is 22.8. The Labute approximate surface area is 200 Å². The van der Waals surface area contributed by atoms with Crippen molar-refractivity contribution in [2.24, 2.45) is 4.40 Å². The Kier molecular flexibility index (Phi) is 7.78. The molecule has 5 nitrogen and oxygen atoms in total. The number of ether oxygens (including phenoxy) is 1. The largest absolute Gasteiger partial charge is 0.444 e. The summed E-state index contributed by atoms with van der Waals surface area (Å²) in [7, 11) is -1.39. The van der Waals surface area contributed by atoms with Crippen LogP contribution in [0.4, 0.5) is 4.79 Å². The van der Waals surface area contributed by atoms with Crippen molar-refractivity contribution in [2.45, 2.75) is 77.2 Å². The first-order chi connectivity index (χ1) is 15.4. The molecule has 0 bridgehead atoms. The van der Waals surface area contributed by atoms with E-state index in [1.165, 1.54) is 0 Å². The van der Waals surface area contributed by atoms with E-state index in [1.54, 1.807) is 4.90 Å². The van der Waals surface area contributed by atoms with E-state index in [0.717, 1.165) is 35.2 Å². The number of rotatable bonds is 4. The Balaban J connectivity index is 1.96. The summed E-state index contributed by atoms with van der Waals surface area (Å²) in [6.45, 7) is 12.0. The molecule has 1 aliphatic rings. The van der Waals surface area contributed by atoms with Crippen molar-refractivity contribution >= 4 is 22.8 Å². The summed E-state index contributed by atoms with van der Waals surface area (Å²) in [6, 6.07) is 18.3. The lowest BCUT2D eigenvalue weighted by Crippen LogP contribution is -2.51. The third-order valence-corrected chi connectivity index (χ3v) is 6.86. The van der Waals surface area contributed by atoms with Crippen LogP contribution in [-0.4, -0.2) is 43.8 Å². The zero-order valence-electron chi connectivity index (χ0n) is 20.6. The molecule has 3 rings (SSSR count). The second-order valence-electron chi connectivity index (χ2n) is 10.5. The molecule has 2 atom stereocenters. The monoisotopic (exact) mass is 468 g/mol. The molecule has 0 spiro atoms. The van der Waals surface area contributed by atoms with Gasteiger partial charge in [0.2, 0.25) is 0 Å². The van der Waals surface area contributed by atoms with E-state index in [0.29, 0.717) is 13.0 Å². The van der Waals surface area contributed by atoms with Crippen LogP contribution in [0.25, 0.3) is 11.1 Å². The standard InChI is InChI=1S/C27H36N2O3S/c1-26(2,3)32-25(30)29-17-11-16-23(28-33(31)27(4,5)6)24(29)19-20-12-10-15-22(18-20)21-13-8-7-9-14-21/h7-10,12-15,18,24H,11,16-17,19H2,1-6H3/b28-23+/t24?,33-/m1/s1. The lowest BCUT2D eigenvalue weighted by Gasteiger charge is -2.38. The quantitative estimate of drug-likeness (QED) is 0.537. The molecular formula is C27H36N2O3S. The van der Waals surface area contributed by atoms with E-state index < -0.39 is 21.3 Å². The van der Waals surface area contributed by atoms with Gasteiger partial charge in [-0.05, 0) is 77.5 Å². The molecule has 1 fully saturated rings. The highest BCUT2D eigenvalue weighted by Gasteiger charge is 2.35. The fourth-order valence-electron chi connectivity index (χ4n) is 3.78. The Hall–Kier alpha value is -2.47. The second-order valence-corrected chi connectivity index (χ2v) is 12.4.